The predicted molar refractivity (Wildman–Crippen MR) is 146 cm³/mol. The van der Waals surface area contributed by atoms with Crippen LogP contribution in [-0.4, -0.2) is 171 Å². The number of aliphatic hydroxyl groups is 4. The van der Waals surface area contributed by atoms with Crippen molar-refractivity contribution in [1.82, 2.24) is 0 Å². The van der Waals surface area contributed by atoms with Gasteiger partial charge in [-0.1, -0.05) is 0 Å². The summed E-state index contributed by atoms with van der Waals surface area (Å²) in [6.07, 6.45) is -9.30. The number of carbonyl (C=O) groups is 12. The molecular weight excluding hydrogens is 759 g/mol. The number of carbonyl (C=O) groups excluding carboxylic acids is 1. The quantitative estimate of drug-likeness (QED) is 0.0509. The molecule has 0 amide bonds. The molecule has 0 aliphatic heterocycles. The Balaban J connectivity index is -0.000000192. The van der Waals surface area contributed by atoms with E-state index < -0.39 is 145 Å². The van der Waals surface area contributed by atoms with Crippen LogP contribution in [0.4, 0.5) is 0 Å². The van der Waals surface area contributed by atoms with E-state index in [1.807, 2.05) is 0 Å². The second kappa shape index (κ2) is 24.6. The zero-order chi connectivity index (χ0) is 42.6. The van der Waals surface area contributed by atoms with Gasteiger partial charge in [0.05, 0.1) is 44.9 Å². The minimum atomic E-state index is -2.80. The van der Waals surface area contributed by atoms with Crippen molar-refractivity contribution in [3.63, 3.8) is 0 Å². The number of carboxylic acids is 12. The largest absolute Gasteiger partial charge is 1.00 e. The number of hydrogen-bond donors (Lipinski definition) is 15. The van der Waals surface area contributed by atoms with Gasteiger partial charge in [0.15, 0.2) is 22.4 Å². The van der Waals surface area contributed by atoms with Crippen LogP contribution < -0.4 is 34.7 Å². The molecule has 15 N–H and O–H groups in total. The first-order chi connectivity index (χ1) is 23.1. The van der Waals surface area contributed by atoms with Crippen molar-refractivity contribution in [2.75, 3.05) is 0 Å². The fourth-order valence-electron chi connectivity index (χ4n) is 2.84. The van der Waals surface area contributed by atoms with E-state index in [1.54, 1.807) is 0 Å². The van der Waals surface area contributed by atoms with Gasteiger partial charge in [-0.15, -0.1) is 0 Å². The number of rotatable bonds is 20. The topological polar surface area (TPSA) is 531 Å². The molecule has 0 aromatic carbocycles. The van der Waals surface area contributed by atoms with Crippen molar-refractivity contribution in [3.8, 4) is 0 Å². The Bertz CT molecular complexity index is 1120. The van der Waals surface area contributed by atoms with E-state index in [0.717, 1.165) is 0 Å². The van der Waals surface area contributed by atoms with Crippen molar-refractivity contribution in [2.45, 2.75) is 73.8 Å². The SMILES string of the molecule is O=C(O)CC(O)(CC(=O)O)C(=O)O.O=C(O)CC(O)(CC(=O)O)C(=O)O.O=C(O)CC(O)(CC(=O)O)C(=O)O.O=C([O-])CC(O)(CC(=O)O)C(=O)O.[Na+]. The zero-order valence-corrected chi connectivity index (χ0v) is 28.7. The molecule has 53 heavy (non-hydrogen) atoms. The number of aliphatic carboxylic acids is 12. The van der Waals surface area contributed by atoms with Gasteiger partial charge in [0.25, 0.3) is 0 Å². The molecule has 0 aliphatic rings. The normalized spacial score (nSPS) is 11.5. The van der Waals surface area contributed by atoms with Crippen LogP contribution in [0.3, 0.4) is 0 Å². The van der Waals surface area contributed by atoms with Gasteiger partial charge >= 0.3 is 95.2 Å². The fourth-order valence-corrected chi connectivity index (χ4v) is 2.84. The molecule has 0 aromatic heterocycles. The van der Waals surface area contributed by atoms with Crippen LogP contribution in [0.15, 0.2) is 0 Å². The van der Waals surface area contributed by atoms with Crippen LogP contribution >= 0.6 is 0 Å². The van der Waals surface area contributed by atoms with Gasteiger partial charge in [-0.2, -0.15) is 0 Å². The maximum atomic E-state index is 10.3. The van der Waals surface area contributed by atoms with Crippen LogP contribution in [0, 0.1) is 0 Å². The molecule has 28 nitrogen and oxygen atoms in total. The van der Waals surface area contributed by atoms with Crippen molar-refractivity contribution in [3.05, 3.63) is 0 Å². The van der Waals surface area contributed by atoms with Gasteiger partial charge in [-0.3, -0.25) is 33.6 Å². The third kappa shape index (κ3) is 26.9. The molecule has 1 unspecified atom stereocenters. The van der Waals surface area contributed by atoms with Gasteiger partial charge in [0.2, 0.25) is 0 Å². The molecule has 0 saturated carbocycles. The Hall–Kier alpha value is -5.52. The first-order valence-corrected chi connectivity index (χ1v) is 12.7. The summed E-state index contributed by atoms with van der Waals surface area (Å²) in [5.74, 6) is -20.4. The summed E-state index contributed by atoms with van der Waals surface area (Å²) in [7, 11) is 0. The van der Waals surface area contributed by atoms with Crippen LogP contribution in [0.5, 0.6) is 0 Å². The van der Waals surface area contributed by atoms with Crippen LogP contribution in [0.2, 0.25) is 0 Å². The Labute approximate surface area is 313 Å². The third-order valence-corrected chi connectivity index (χ3v) is 5.13. The first kappa shape index (κ1) is 56.8. The summed E-state index contributed by atoms with van der Waals surface area (Å²) < 4.78 is 0. The third-order valence-electron chi connectivity index (χ3n) is 5.13. The van der Waals surface area contributed by atoms with Crippen molar-refractivity contribution in [2.24, 2.45) is 0 Å². The van der Waals surface area contributed by atoms with Crippen molar-refractivity contribution >= 4 is 71.6 Å². The summed E-state index contributed by atoms with van der Waals surface area (Å²) in [5, 5.41) is 137. The van der Waals surface area contributed by atoms with E-state index in [4.69, 9.17) is 76.6 Å². The van der Waals surface area contributed by atoms with Crippen LogP contribution in [-0.2, 0) is 57.5 Å². The second-order valence-electron chi connectivity index (χ2n) is 9.89. The van der Waals surface area contributed by atoms with E-state index >= 15 is 0 Å². The van der Waals surface area contributed by atoms with Gasteiger partial charge in [0.1, 0.15) is 0 Å². The number of hydrogen-bond acceptors (Lipinski definition) is 17. The van der Waals surface area contributed by atoms with E-state index in [-0.39, 0.29) is 29.6 Å². The minimum Gasteiger partial charge on any atom is -0.550 e. The zero-order valence-electron chi connectivity index (χ0n) is 26.7. The molecule has 0 saturated heterocycles. The molecule has 0 fully saturated rings. The first-order valence-electron chi connectivity index (χ1n) is 12.7. The monoisotopic (exact) mass is 790 g/mol. The maximum Gasteiger partial charge on any atom is 1.00 e. The molecule has 0 rings (SSSR count). The Morgan fingerprint density at radius 1 is 0.302 bits per heavy atom. The van der Waals surface area contributed by atoms with Gasteiger partial charge in [-0.05, 0) is 0 Å². The summed E-state index contributed by atoms with van der Waals surface area (Å²) in [6, 6.07) is 0. The van der Waals surface area contributed by atoms with E-state index in [1.165, 1.54) is 0 Å². The van der Waals surface area contributed by atoms with E-state index in [2.05, 4.69) is 0 Å². The molecule has 0 heterocycles. The molecular formula is C24H31NaO28. The average molecular weight is 790 g/mol. The Morgan fingerprint density at radius 3 is 0.491 bits per heavy atom. The summed E-state index contributed by atoms with van der Waals surface area (Å²) in [4.78, 5) is 122. The molecule has 29 heteroatoms. The average Bonchev–Trinajstić information content (AvgIpc) is 2.85. The predicted octanol–water partition coefficient (Wildman–Crippen LogP) is -9.32. The Morgan fingerprint density at radius 2 is 0.415 bits per heavy atom. The van der Waals surface area contributed by atoms with Crippen LogP contribution in [0.25, 0.3) is 0 Å². The summed E-state index contributed by atoms with van der Waals surface area (Å²) >= 11 is 0. The van der Waals surface area contributed by atoms with Gasteiger partial charge in [0, 0.05) is 12.4 Å². The van der Waals surface area contributed by atoms with Crippen molar-refractivity contribution in [1.29, 1.82) is 0 Å². The second-order valence-corrected chi connectivity index (χ2v) is 9.89. The van der Waals surface area contributed by atoms with E-state index in [0.29, 0.717) is 0 Å². The Kier molecular flexibility index (Phi) is 26.4. The summed E-state index contributed by atoms with van der Waals surface area (Å²) in [6.45, 7) is 0. The molecule has 0 aromatic rings. The van der Waals surface area contributed by atoms with Gasteiger partial charge < -0.3 is 86.5 Å². The van der Waals surface area contributed by atoms with Crippen LogP contribution in [0.1, 0.15) is 51.4 Å². The fraction of sp³-hybridized carbons (Fsp3) is 0.500. The van der Waals surface area contributed by atoms with Crippen molar-refractivity contribution < 1.29 is 169 Å². The van der Waals surface area contributed by atoms with E-state index in [9.17, 15) is 62.6 Å². The smallest absolute Gasteiger partial charge is 0.550 e. The standard InChI is InChI=1S/4C6H8O7.Na/c4*7-3(8)1-6(13,5(11)12)2-4(9)10;/h4*13H,1-2H2,(H,7,8)(H,9,10)(H,11,12);/q;;;;+1/p-1. The molecule has 0 aliphatic carbocycles. The molecule has 0 bridgehead atoms. The molecule has 1 atom stereocenters. The summed E-state index contributed by atoms with van der Waals surface area (Å²) in [5.41, 5.74) is -11.0. The molecule has 0 radical (unpaired) electrons. The molecule has 296 valence electrons. The number of carboxylic acid groups (broad SMARTS) is 12. The van der Waals surface area contributed by atoms with Gasteiger partial charge in [-0.25, -0.2) is 19.2 Å². The minimum absolute atomic E-state index is 0. The molecule has 0 spiro atoms. The maximum absolute atomic E-state index is 10.3.